The molecule has 0 aliphatic rings. The fourth-order valence-corrected chi connectivity index (χ4v) is 1.77. The number of anilines is 2. The number of nitrogen functional groups attached to an aromatic ring is 2. The Labute approximate surface area is 131 Å². The van der Waals surface area contributed by atoms with Crippen LogP contribution in [0.25, 0.3) is 11.1 Å². The number of halogens is 4. The molecule has 0 radical (unpaired) electrons. The van der Waals surface area contributed by atoms with E-state index in [9.17, 15) is 0 Å². The second kappa shape index (κ2) is 6.95. The average Bonchev–Trinajstić information content (AvgIpc) is 2.26. The summed E-state index contributed by atoms with van der Waals surface area (Å²) in [5.41, 5.74) is 14.3. The lowest BCUT2D eigenvalue weighted by Crippen LogP contribution is -3.00. The largest absolute Gasteiger partial charge is 1.00 e. The molecule has 0 saturated heterocycles. The van der Waals surface area contributed by atoms with Crippen molar-refractivity contribution >= 4 is 34.6 Å². The fraction of sp³-hybridized carbons (Fsp3) is 0. The van der Waals surface area contributed by atoms with E-state index in [0.717, 1.165) is 11.1 Å². The number of hydrogen-bond donors (Lipinski definition) is 2. The zero-order valence-electron chi connectivity index (χ0n) is 11.1. The molecule has 0 spiro atoms. The molecule has 4 N–H and O–H groups in total. The Morgan fingerprint density at radius 3 is 1.33 bits per heavy atom. The van der Waals surface area contributed by atoms with Crippen LogP contribution in [0.15, 0.2) is 36.4 Å². The molecule has 18 heavy (non-hydrogen) atoms. The average molecular weight is 326 g/mol. The van der Waals surface area contributed by atoms with Crippen molar-refractivity contribution in [2.75, 3.05) is 11.5 Å². The van der Waals surface area contributed by atoms with Gasteiger partial charge in [0.1, 0.15) is 0 Å². The molecule has 0 atom stereocenters. The maximum absolute atomic E-state index is 5.95. The quantitative estimate of drug-likeness (QED) is 0.599. The molecule has 0 bridgehead atoms. The van der Waals surface area contributed by atoms with Crippen LogP contribution in [0, 0.1) is 0 Å². The maximum Gasteiger partial charge on any atom is 1.00 e. The van der Waals surface area contributed by atoms with Crippen LogP contribution in [0.1, 0.15) is 2.85 Å². The Morgan fingerprint density at radius 2 is 1.06 bits per heavy atom. The van der Waals surface area contributed by atoms with Gasteiger partial charge in [0.2, 0.25) is 0 Å². The van der Waals surface area contributed by atoms with E-state index in [0.29, 0.717) is 21.4 Å². The van der Waals surface area contributed by atoms with Crippen LogP contribution >= 0.6 is 23.2 Å². The predicted molar refractivity (Wildman–Crippen MR) is 72.9 cm³/mol. The first-order chi connectivity index (χ1) is 7.58. The lowest BCUT2D eigenvalue weighted by atomic mass is 10.1. The highest BCUT2D eigenvalue weighted by Crippen LogP contribution is 2.30. The van der Waals surface area contributed by atoms with Crippen LogP contribution in [-0.4, -0.2) is 0 Å². The lowest BCUT2D eigenvalue weighted by Gasteiger charge is -2.06. The Kier molecular flexibility index (Phi) is 6.64. The molecule has 0 aliphatic heterocycles. The topological polar surface area (TPSA) is 52.0 Å². The van der Waals surface area contributed by atoms with Crippen LogP contribution in [0.5, 0.6) is 0 Å². The normalized spacial score (nSPS) is 9.22. The van der Waals surface area contributed by atoms with E-state index >= 15 is 0 Å². The van der Waals surface area contributed by atoms with Crippen molar-refractivity contribution in [1.82, 2.24) is 0 Å². The van der Waals surface area contributed by atoms with Gasteiger partial charge in [-0.05, 0) is 35.4 Å². The fourth-order valence-electron chi connectivity index (χ4n) is 1.41. The summed E-state index contributed by atoms with van der Waals surface area (Å²) >= 11 is 11.9. The summed E-state index contributed by atoms with van der Waals surface area (Å²) in [5, 5.41) is 1.07. The summed E-state index contributed by atoms with van der Waals surface area (Å²) in [6.45, 7) is 0. The van der Waals surface area contributed by atoms with Gasteiger partial charge in [-0.25, -0.2) is 0 Å². The van der Waals surface area contributed by atoms with E-state index in [1.54, 1.807) is 24.3 Å². The van der Waals surface area contributed by atoms with Crippen LogP contribution in [0.3, 0.4) is 0 Å². The molecule has 0 heterocycles. The van der Waals surface area contributed by atoms with E-state index in [1.807, 2.05) is 12.1 Å². The molecule has 0 aromatic heterocycles. The summed E-state index contributed by atoms with van der Waals surface area (Å²) in [5.74, 6) is 0. The van der Waals surface area contributed by atoms with Crippen LogP contribution < -0.4 is 36.3 Å². The molecule has 2 rings (SSSR count). The smallest absolute Gasteiger partial charge is 1.00 e. The first-order valence-electron chi connectivity index (χ1n) is 4.68. The summed E-state index contributed by atoms with van der Waals surface area (Å²) in [4.78, 5) is 0. The van der Waals surface area contributed by atoms with Gasteiger partial charge in [-0.2, -0.15) is 0 Å². The first kappa shape index (κ1) is 17.2. The van der Waals surface area contributed by atoms with Gasteiger partial charge >= 0.3 is 2.85 Å². The Balaban J connectivity index is -0.000000722. The standard InChI is InChI=1S/C12H10Cl2N2.2ClH/c13-9-5-7(1-3-11(9)15)8-2-4-12(16)10(14)6-8;;/h1-6H,15-16H2;2*1H. The van der Waals surface area contributed by atoms with Gasteiger partial charge in [0.25, 0.3) is 0 Å². The van der Waals surface area contributed by atoms with E-state index in [1.165, 1.54) is 0 Å². The van der Waals surface area contributed by atoms with Crippen molar-refractivity contribution in [3.8, 4) is 11.1 Å². The van der Waals surface area contributed by atoms with Crippen LogP contribution in [0.2, 0.25) is 10.0 Å². The van der Waals surface area contributed by atoms with Gasteiger partial charge in [-0.15, -0.1) is 0 Å². The minimum Gasteiger partial charge on any atom is -1.00 e. The van der Waals surface area contributed by atoms with Crippen molar-refractivity contribution < 1.29 is 27.7 Å². The van der Waals surface area contributed by atoms with E-state index in [2.05, 4.69) is 0 Å². The number of rotatable bonds is 1. The summed E-state index contributed by atoms with van der Waals surface area (Å²) in [6, 6.07) is 10.9. The summed E-state index contributed by atoms with van der Waals surface area (Å²) in [7, 11) is 0. The van der Waals surface area contributed by atoms with Crippen molar-refractivity contribution in [3.05, 3.63) is 46.4 Å². The third-order valence-electron chi connectivity index (χ3n) is 2.33. The SMILES string of the molecule is Nc1ccc(-c2ccc(N)c(Cl)c2)cc1Cl.[Cl-].[Cl-].[H+].[H+]. The molecule has 0 aliphatic carbocycles. The van der Waals surface area contributed by atoms with E-state index in [4.69, 9.17) is 34.7 Å². The minimum absolute atomic E-state index is 0. The Bertz CT molecular complexity index is 503. The van der Waals surface area contributed by atoms with Crippen molar-refractivity contribution in [2.45, 2.75) is 0 Å². The highest BCUT2D eigenvalue weighted by molar-refractivity contribution is 6.34. The zero-order valence-corrected chi connectivity index (χ0v) is 12.2. The van der Waals surface area contributed by atoms with Gasteiger partial charge in [0.05, 0.1) is 21.4 Å². The summed E-state index contributed by atoms with van der Waals surface area (Å²) in [6.07, 6.45) is 0. The number of hydrogen-bond acceptors (Lipinski definition) is 2. The highest BCUT2D eigenvalue weighted by atomic mass is 35.5. The van der Waals surface area contributed by atoms with Crippen molar-refractivity contribution in [2.24, 2.45) is 0 Å². The Morgan fingerprint density at radius 1 is 0.722 bits per heavy atom. The molecule has 0 saturated carbocycles. The van der Waals surface area contributed by atoms with Gasteiger partial charge in [0.15, 0.2) is 0 Å². The van der Waals surface area contributed by atoms with Crippen molar-refractivity contribution in [1.29, 1.82) is 0 Å². The number of nitrogens with two attached hydrogens (primary N) is 2. The first-order valence-corrected chi connectivity index (χ1v) is 5.44. The molecule has 2 aromatic rings. The van der Waals surface area contributed by atoms with E-state index < -0.39 is 0 Å². The van der Waals surface area contributed by atoms with Crippen LogP contribution in [0.4, 0.5) is 11.4 Å². The predicted octanol–water partition coefficient (Wildman–Crippen LogP) is -1.94. The zero-order chi connectivity index (χ0) is 11.7. The van der Waals surface area contributed by atoms with Crippen molar-refractivity contribution in [3.63, 3.8) is 0 Å². The lowest BCUT2D eigenvalue weighted by molar-refractivity contribution is -0.00100. The van der Waals surface area contributed by atoms with Gasteiger partial charge in [-0.1, -0.05) is 35.3 Å². The second-order valence-corrected chi connectivity index (χ2v) is 4.29. The van der Waals surface area contributed by atoms with Crippen LogP contribution in [-0.2, 0) is 0 Å². The maximum atomic E-state index is 5.95. The molecule has 2 aromatic carbocycles. The third-order valence-corrected chi connectivity index (χ3v) is 2.99. The van der Waals surface area contributed by atoms with Gasteiger partial charge in [-0.3, -0.25) is 0 Å². The molecule has 0 fully saturated rings. The second-order valence-electron chi connectivity index (χ2n) is 3.47. The third kappa shape index (κ3) is 3.59. The summed E-state index contributed by atoms with van der Waals surface area (Å²) < 4.78 is 0. The molecule has 6 heteroatoms. The van der Waals surface area contributed by atoms with E-state index in [-0.39, 0.29) is 27.7 Å². The molecule has 0 unspecified atom stereocenters. The molecule has 98 valence electrons. The minimum atomic E-state index is 0. The highest BCUT2D eigenvalue weighted by Gasteiger charge is 2.03. The monoisotopic (exact) mass is 324 g/mol. The molecule has 2 nitrogen and oxygen atoms in total. The molecular weight excluding hydrogens is 314 g/mol. The van der Waals surface area contributed by atoms with Gasteiger partial charge < -0.3 is 36.3 Å². The molecular formula is C12H12Cl4N2. The van der Waals surface area contributed by atoms with Gasteiger partial charge in [0, 0.05) is 0 Å². The Hall–Kier alpha value is -0.800. The molecule has 0 amide bonds. The number of benzene rings is 2.